The molecule has 1 aromatic rings. The Kier molecular flexibility index (Phi) is 2.81. The molecule has 0 saturated heterocycles. The molecule has 0 aliphatic heterocycles. The van der Waals surface area contributed by atoms with Crippen molar-refractivity contribution in [1.29, 1.82) is 0 Å². The average Bonchev–Trinajstić information content (AvgIpc) is 2.05. The second-order valence-corrected chi connectivity index (χ2v) is 2.81. The molecule has 0 aromatic carbocycles. The summed E-state index contributed by atoms with van der Waals surface area (Å²) in [7, 11) is 0. The van der Waals surface area contributed by atoms with E-state index in [2.05, 4.69) is 32.8 Å². The minimum absolute atomic E-state index is 0.404. The molecule has 0 amide bonds. The fourth-order valence-electron chi connectivity index (χ4n) is 0.634. The van der Waals surface area contributed by atoms with Crippen LogP contribution in [0, 0.1) is 0 Å². The van der Waals surface area contributed by atoms with E-state index >= 15 is 0 Å². The Labute approximate surface area is 68.8 Å². The van der Waals surface area contributed by atoms with Gasteiger partial charge in [-0.3, -0.25) is 0 Å². The first-order chi connectivity index (χ1) is 4.84. The lowest BCUT2D eigenvalue weighted by atomic mass is 10.2. The van der Waals surface area contributed by atoms with Gasteiger partial charge in [0.1, 0.15) is 5.82 Å². The van der Waals surface area contributed by atoms with Crippen LogP contribution in [0.1, 0.15) is 18.7 Å². The van der Waals surface area contributed by atoms with E-state index in [0.717, 1.165) is 11.2 Å². The first-order valence-electron chi connectivity index (χ1n) is 3.17. The predicted octanol–water partition coefficient (Wildman–Crippen LogP) is 1.97. The van der Waals surface area contributed by atoms with Gasteiger partial charge in [0.2, 0.25) is 0 Å². The summed E-state index contributed by atoms with van der Waals surface area (Å²) < 4.78 is 0. The van der Waals surface area contributed by atoms with Crippen LogP contribution in [0.3, 0.4) is 0 Å². The highest BCUT2D eigenvalue weighted by Crippen LogP contribution is 2.10. The average molecular weight is 201 g/mol. The highest BCUT2D eigenvalue weighted by Gasteiger charge is 2.03. The third-order valence-electron chi connectivity index (χ3n) is 1.26. The van der Waals surface area contributed by atoms with Crippen molar-refractivity contribution in [2.24, 2.45) is 0 Å². The maximum absolute atomic E-state index is 4.11. The van der Waals surface area contributed by atoms with Gasteiger partial charge in [0.25, 0.3) is 0 Å². The lowest BCUT2D eigenvalue weighted by Gasteiger charge is -2.02. The van der Waals surface area contributed by atoms with Crippen molar-refractivity contribution in [3.63, 3.8) is 0 Å². The van der Waals surface area contributed by atoms with Gasteiger partial charge < -0.3 is 0 Å². The molecular formula is C7H9BrN2. The zero-order valence-electron chi connectivity index (χ0n) is 5.79. The van der Waals surface area contributed by atoms with Crippen LogP contribution in [0.25, 0.3) is 0 Å². The van der Waals surface area contributed by atoms with Crippen molar-refractivity contribution in [1.82, 2.24) is 9.97 Å². The Hall–Kier alpha value is -0.440. The van der Waals surface area contributed by atoms with Crippen molar-refractivity contribution in [3.05, 3.63) is 24.3 Å². The summed E-state index contributed by atoms with van der Waals surface area (Å²) in [4.78, 5) is 8.22. The largest absolute Gasteiger partial charge is 0.241 e. The van der Waals surface area contributed by atoms with Gasteiger partial charge in [0.15, 0.2) is 0 Å². The Morgan fingerprint density at radius 2 is 2.10 bits per heavy atom. The third-order valence-corrected chi connectivity index (χ3v) is 2.23. The Morgan fingerprint density at radius 1 is 1.50 bits per heavy atom. The molecule has 10 heavy (non-hydrogen) atoms. The van der Waals surface area contributed by atoms with E-state index in [1.54, 1.807) is 12.4 Å². The van der Waals surface area contributed by atoms with E-state index in [-0.39, 0.29) is 0 Å². The molecule has 0 radical (unpaired) electrons. The van der Waals surface area contributed by atoms with E-state index in [4.69, 9.17) is 0 Å². The van der Waals surface area contributed by atoms with Gasteiger partial charge in [-0.25, -0.2) is 9.97 Å². The van der Waals surface area contributed by atoms with Crippen molar-refractivity contribution in [3.8, 4) is 0 Å². The number of aromatic nitrogens is 2. The summed E-state index contributed by atoms with van der Waals surface area (Å²) in [5.41, 5.74) is 0. The van der Waals surface area contributed by atoms with Gasteiger partial charge in [-0.15, -0.1) is 0 Å². The van der Waals surface area contributed by atoms with Crippen LogP contribution in [0.2, 0.25) is 0 Å². The van der Waals surface area contributed by atoms with Crippen LogP contribution in [0.4, 0.5) is 0 Å². The lowest BCUT2D eigenvalue weighted by Crippen LogP contribution is -1.99. The molecular weight excluding hydrogens is 192 g/mol. The van der Waals surface area contributed by atoms with Crippen LogP contribution < -0.4 is 0 Å². The maximum atomic E-state index is 4.11. The minimum Gasteiger partial charge on any atom is -0.241 e. The molecule has 3 heteroatoms. The van der Waals surface area contributed by atoms with E-state index in [9.17, 15) is 0 Å². The Morgan fingerprint density at radius 3 is 2.60 bits per heavy atom. The standard InChI is InChI=1S/C7H9BrN2/c1-6(5-8)7-9-3-2-4-10-7/h2-4,6H,5H2,1H3. The summed E-state index contributed by atoms with van der Waals surface area (Å²) in [6.07, 6.45) is 3.53. The number of hydrogen-bond acceptors (Lipinski definition) is 2. The van der Waals surface area contributed by atoms with Crippen molar-refractivity contribution < 1.29 is 0 Å². The minimum atomic E-state index is 0.404. The summed E-state index contributed by atoms with van der Waals surface area (Å²) >= 11 is 3.37. The first-order valence-corrected chi connectivity index (χ1v) is 4.29. The topological polar surface area (TPSA) is 25.8 Å². The molecule has 2 nitrogen and oxygen atoms in total. The monoisotopic (exact) mass is 200 g/mol. The molecule has 1 aromatic heterocycles. The van der Waals surface area contributed by atoms with Gasteiger partial charge >= 0.3 is 0 Å². The van der Waals surface area contributed by atoms with Crippen molar-refractivity contribution in [2.45, 2.75) is 12.8 Å². The molecule has 0 saturated carbocycles. The zero-order chi connectivity index (χ0) is 7.40. The van der Waals surface area contributed by atoms with Crippen LogP contribution in [0.15, 0.2) is 18.5 Å². The van der Waals surface area contributed by atoms with E-state index in [0.29, 0.717) is 5.92 Å². The quantitative estimate of drug-likeness (QED) is 0.683. The molecule has 0 aliphatic rings. The van der Waals surface area contributed by atoms with Gasteiger partial charge in [0.05, 0.1) is 0 Å². The van der Waals surface area contributed by atoms with Crippen LogP contribution in [-0.4, -0.2) is 15.3 Å². The highest BCUT2D eigenvalue weighted by atomic mass is 79.9. The summed E-state index contributed by atoms with van der Waals surface area (Å²) in [5, 5.41) is 0.914. The van der Waals surface area contributed by atoms with Crippen LogP contribution in [0.5, 0.6) is 0 Å². The molecule has 1 unspecified atom stereocenters. The number of halogens is 1. The van der Waals surface area contributed by atoms with E-state index in [1.807, 2.05) is 6.07 Å². The maximum Gasteiger partial charge on any atom is 0.131 e. The molecule has 1 atom stereocenters. The van der Waals surface area contributed by atoms with Crippen molar-refractivity contribution >= 4 is 15.9 Å². The summed E-state index contributed by atoms with van der Waals surface area (Å²) in [6, 6.07) is 1.82. The molecule has 1 heterocycles. The normalized spacial score (nSPS) is 13.0. The predicted molar refractivity (Wildman–Crippen MR) is 44.2 cm³/mol. The van der Waals surface area contributed by atoms with Crippen LogP contribution in [-0.2, 0) is 0 Å². The first kappa shape index (κ1) is 7.66. The summed E-state index contributed by atoms with van der Waals surface area (Å²) in [6.45, 7) is 2.09. The van der Waals surface area contributed by atoms with Crippen molar-refractivity contribution in [2.75, 3.05) is 5.33 Å². The van der Waals surface area contributed by atoms with Gasteiger partial charge in [-0.05, 0) is 6.07 Å². The molecule has 1 rings (SSSR count). The second kappa shape index (κ2) is 3.66. The number of hydrogen-bond donors (Lipinski definition) is 0. The zero-order valence-corrected chi connectivity index (χ0v) is 7.37. The SMILES string of the molecule is CC(CBr)c1ncccn1. The summed E-state index contributed by atoms with van der Waals surface area (Å²) in [5.74, 6) is 1.31. The number of nitrogens with zero attached hydrogens (tertiary/aromatic N) is 2. The number of alkyl halides is 1. The molecule has 54 valence electrons. The molecule has 0 bridgehead atoms. The Balaban J connectivity index is 2.75. The smallest absolute Gasteiger partial charge is 0.131 e. The van der Waals surface area contributed by atoms with E-state index in [1.165, 1.54) is 0 Å². The third kappa shape index (κ3) is 1.77. The second-order valence-electron chi connectivity index (χ2n) is 2.16. The van der Waals surface area contributed by atoms with Gasteiger partial charge in [-0.2, -0.15) is 0 Å². The highest BCUT2D eigenvalue weighted by molar-refractivity contribution is 9.09. The molecule has 0 fully saturated rings. The fraction of sp³-hybridized carbons (Fsp3) is 0.429. The molecule has 0 N–H and O–H groups in total. The lowest BCUT2D eigenvalue weighted by molar-refractivity contribution is 0.789. The van der Waals surface area contributed by atoms with Gasteiger partial charge in [0, 0.05) is 23.6 Å². The fourth-order valence-corrected chi connectivity index (χ4v) is 0.924. The van der Waals surface area contributed by atoms with Gasteiger partial charge in [-0.1, -0.05) is 22.9 Å². The molecule has 0 aliphatic carbocycles. The van der Waals surface area contributed by atoms with Crippen LogP contribution >= 0.6 is 15.9 Å². The van der Waals surface area contributed by atoms with E-state index < -0.39 is 0 Å². The number of rotatable bonds is 2. The molecule has 0 spiro atoms. The Bertz CT molecular complexity index is 188.